The van der Waals surface area contributed by atoms with Crippen molar-refractivity contribution >= 4 is 59.7 Å². The SMILES string of the molecule is Cc1nc(N=Nc2c(O)[nH]c3ccccc23)sc1N=Nc1ccc(Br)cc1. The van der Waals surface area contributed by atoms with E-state index in [0.29, 0.717) is 15.8 Å². The molecule has 0 aliphatic rings. The van der Waals surface area contributed by atoms with Gasteiger partial charge in [0.2, 0.25) is 11.0 Å². The van der Waals surface area contributed by atoms with Crippen LogP contribution < -0.4 is 0 Å². The van der Waals surface area contributed by atoms with E-state index in [1.165, 1.54) is 11.3 Å². The average molecular weight is 441 g/mol. The number of aromatic hydroxyl groups is 1. The lowest BCUT2D eigenvalue weighted by Gasteiger charge is -1.91. The third-order valence-corrected chi connectivity index (χ3v) is 5.19. The number of azo groups is 2. The number of rotatable bonds is 4. The van der Waals surface area contributed by atoms with Crippen molar-refractivity contribution in [1.82, 2.24) is 9.97 Å². The molecular weight excluding hydrogens is 428 g/mol. The maximum atomic E-state index is 10.0. The number of aromatic nitrogens is 2. The molecule has 0 atom stereocenters. The Morgan fingerprint density at radius 3 is 2.59 bits per heavy atom. The lowest BCUT2D eigenvalue weighted by Crippen LogP contribution is -1.68. The molecule has 0 radical (unpaired) electrons. The van der Waals surface area contributed by atoms with Gasteiger partial charge in [-0.3, -0.25) is 0 Å². The summed E-state index contributed by atoms with van der Waals surface area (Å²) in [7, 11) is 0. The quantitative estimate of drug-likeness (QED) is 0.327. The molecule has 2 heterocycles. The summed E-state index contributed by atoms with van der Waals surface area (Å²) in [6.45, 7) is 1.84. The van der Waals surface area contributed by atoms with E-state index in [1.54, 1.807) is 0 Å². The molecule has 4 rings (SSSR count). The molecule has 2 aromatic carbocycles. The first-order chi connectivity index (χ1) is 13.1. The smallest absolute Gasteiger partial charge is 0.232 e. The number of hydrogen-bond donors (Lipinski definition) is 2. The van der Waals surface area contributed by atoms with Gasteiger partial charge in [-0.25, -0.2) is 4.98 Å². The molecule has 134 valence electrons. The molecule has 0 amide bonds. The molecule has 0 aliphatic heterocycles. The minimum Gasteiger partial charge on any atom is -0.493 e. The molecule has 2 N–H and O–H groups in total. The van der Waals surface area contributed by atoms with Gasteiger partial charge in [-0.2, -0.15) is 0 Å². The Morgan fingerprint density at radius 1 is 1.00 bits per heavy atom. The Labute approximate surface area is 166 Å². The van der Waals surface area contributed by atoms with Gasteiger partial charge in [0.05, 0.1) is 16.9 Å². The van der Waals surface area contributed by atoms with Crippen molar-refractivity contribution < 1.29 is 5.11 Å². The van der Waals surface area contributed by atoms with Gasteiger partial charge in [-0.1, -0.05) is 45.5 Å². The highest BCUT2D eigenvalue weighted by Crippen LogP contribution is 2.38. The van der Waals surface area contributed by atoms with E-state index in [1.807, 2.05) is 55.5 Å². The zero-order valence-electron chi connectivity index (χ0n) is 14.1. The Hall–Kier alpha value is -2.91. The van der Waals surface area contributed by atoms with Crippen LogP contribution in [0.2, 0.25) is 0 Å². The number of benzene rings is 2. The van der Waals surface area contributed by atoms with Crippen molar-refractivity contribution in [2.24, 2.45) is 20.5 Å². The van der Waals surface area contributed by atoms with Crippen LogP contribution in [0.1, 0.15) is 5.69 Å². The number of aryl methyl sites for hydroxylation is 1. The summed E-state index contributed by atoms with van der Waals surface area (Å²) in [4.78, 5) is 7.22. The second-order valence-corrected chi connectivity index (χ2v) is 7.50. The number of para-hydroxylation sites is 1. The van der Waals surface area contributed by atoms with Crippen LogP contribution in [-0.2, 0) is 0 Å². The molecule has 0 aliphatic carbocycles. The van der Waals surface area contributed by atoms with Crippen molar-refractivity contribution in [2.75, 3.05) is 0 Å². The second kappa shape index (κ2) is 7.37. The molecule has 4 aromatic rings. The summed E-state index contributed by atoms with van der Waals surface area (Å²) in [5.41, 5.74) is 2.65. The summed E-state index contributed by atoms with van der Waals surface area (Å²) >= 11 is 4.67. The predicted molar refractivity (Wildman–Crippen MR) is 109 cm³/mol. The number of hydrogen-bond acceptors (Lipinski definition) is 7. The molecule has 0 fully saturated rings. The molecule has 7 nitrogen and oxygen atoms in total. The van der Waals surface area contributed by atoms with Crippen molar-refractivity contribution in [2.45, 2.75) is 6.92 Å². The number of fused-ring (bicyclic) bond motifs is 1. The van der Waals surface area contributed by atoms with E-state index in [0.717, 1.165) is 26.8 Å². The zero-order valence-corrected chi connectivity index (χ0v) is 16.5. The number of nitrogens with one attached hydrogen (secondary N) is 1. The predicted octanol–water partition coefficient (Wildman–Crippen LogP) is 7.23. The van der Waals surface area contributed by atoms with Crippen molar-refractivity contribution in [1.29, 1.82) is 0 Å². The molecule has 0 spiro atoms. The molecule has 0 unspecified atom stereocenters. The number of thiazole rings is 1. The number of H-pyrrole nitrogens is 1. The average Bonchev–Trinajstić information content (AvgIpc) is 3.18. The van der Waals surface area contributed by atoms with Gasteiger partial charge in [0.25, 0.3) is 0 Å². The molecule has 0 saturated carbocycles. The Bertz CT molecular complexity index is 1160. The van der Waals surface area contributed by atoms with Gasteiger partial charge in [0.15, 0.2) is 10.7 Å². The van der Waals surface area contributed by atoms with Gasteiger partial charge in [0.1, 0.15) is 0 Å². The highest BCUT2D eigenvalue weighted by molar-refractivity contribution is 9.10. The largest absolute Gasteiger partial charge is 0.493 e. The normalized spacial score (nSPS) is 11.9. The van der Waals surface area contributed by atoms with Gasteiger partial charge in [-0.15, -0.1) is 20.5 Å². The zero-order chi connectivity index (χ0) is 18.8. The highest BCUT2D eigenvalue weighted by atomic mass is 79.9. The van der Waals surface area contributed by atoms with Crippen LogP contribution in [-0.4, -0.2) is 15.1 Å². The van der Waals surface area contributed by atoms with Crippen LogP contribution >= 0.6 is 27.3 Å². The van der Waals surface area contributed by atoms with Gasteiger partial charge in [-0.05, 0) is 37.3 Å². The number of nitrogens with zero attached hydrogens (tertiary/aromatic N) is 5. The lowest BCUT2D eigenvalue weighted by molar-refractivity contribution is 0.459. The highest BCUT2D eigenvalue weighted by Gasteiger charge is 2.11. The molecular formula is C18H13BrN6OS. The second-order valence-electron chi connectivity index (χ2n) is 5.63. The van der Waals surface area contributed by atoms with E-state index in [-0.39, 0.29) is 5.88 Å². The fourth-order valence-corrected chi connectivity index (χ4v) is 3.40. The van der Waals surface area contributed by atoms with Crippen LogP contribution in [0.5, 0.6) is 5.88 Å². The number of aromatic amines is 1. The van der Waals surface area contributed by atoms with Crippen LogP contribution in [0.4, 0.5) is 21.5 Å². The minimum atomic E-state index is -0.0247. The summed E-state index contributed by atoms with van der Waals surface area (Å²) < 4.78 is 0.985. The first-order valence-corrected chi connectivity index (χ1v) is 9.57. The van der Waals surface area contributed by atoms with Crippen molar-refractivity contribution in [3.8, 4) is 5.88 Å². The Balaban J connectivity index is 1.58. The summed E-state index contributed by atoms with van der Waals surface area (Å²) in [5, 5.41) is 28.7. The molecule has 0 bridgehead atoms. The minimum absolute atomic E-state index is 0.0247. The fraction of sp³-hybridized carbons (Fsp3) is 0.0556. The first kappa shape index (κ1) is 17.5. The van der Waals surface area contributed by atoms with E-state index in [4.69, 9.17) is 0 Å². The molecule has 27 heavy (non-hydrogen) atoms. The monoisotopic (exact) mass is 440 g/mol. The summed E-state index contributed by atoms with van der Waals surface area (Å²) in [5.74, 6) is -0.0247. The van der Waals surface area contributed by atoms with E-state index in [2.05, 4.69) is 46.4 Å². The third kappa shape index (κ3) is 3.79. The van der Waals surface area contributed by atoms with Gasteiger partial charge >= 0.3 is 0 Å². The maximum absolute atomic E-state index is 10.0. The third-order valence-electron chi connectivity index (χ3n) is 3.74. The van der Waals surface area contributed by atoms with Crippen LogP contribution in [0.3, 0.4) is 0 Å². The van der Waals surface area contributed by atoms with Gasteiger partial charge in [0, 0.05) is 9.86 Å². The van der Waals surface area contributed by atoms with E-state index < -0.39 is 0 Å². The Morgan fingerprint density at radius 2 is 1.78 bits per heavy atom. The number of halogens is 1. The van der Waals surface area contributed by atoms with Gasteiger partial charge < -0.3 is 10.1 Å². The van der Waals surface area contributed by atoms with E-state index >= 15 is 0 Å². The Kier molecular flexibility index (Phi) is 4.78. The van der Waals surface area contributed by atoms with Crippen molar-refractivity contribution in [3.63, 3.8) is 0 Å². The van der Waals surface area contributed by atoms with Crippen LogP contribution in [0.15, 0.2) is 73.5 Å². The molecule has 2 aromatic heterocycles. The fourth-order valence-electron chi connectivity index (χ4n) is 2.43. The van der Waals surface area contributed by atoms with E-state index in [9.17, 15) is 5.11 Å². The molecule has 0 saturated heterocycles. The first-order valence-electron chi connectivity index (χ1n) is 7.96. The molecule has 9 heteroatoms. The van der Waals surface area contributed by atoms with Crippen LogP contribution in [0.25, 0.3) is 10.9 Å². The summed E-state index contributed by atoms with van der Waals surface area (Å²) in [6.07, 6.45) is 0. The standard InChI is InChI=1S/C18H13BrN6OS/c1-10-17(24-22-12-8-6-11(19)7-9-12)27-18(20-10)25-23-15-13-4-2-3-5-14(13)21-16(15)26/h2-9,21,26H,1H3. The lowest BCUT2D eigenvalue weighted by atomic mass is 10.2. The van der Waals surface area contributed by atoms with Crippen LogP contribution in [0, 0.1) is 6.92 Å². The summed E-state index contributed by atoms with van der Waals surface area (Å²) in [6, 6.07) is 15.0. The van der Waals surface area contributed by atoms with Crippen molar-refractivity contribution in [3.05, 3.63) is 58.7 Å². The maximum Gasteiger partial charge on any atom is 0.232 e. The topological polar surface area (TPSA) is 98.3 Å².